The summed E-state index contributed by atoms with van der Waals surface area (Å²) in [7, 11) is 0. The van der Waals surface area contributed by atoms with E-state index in [4.69, 9.17) is 9.47 Å². The Balaban J connectivity index is 1.53. The fraction of sp³-hybridized carbons (Fsp3) is 0.867. The van der Waals surface area contributed by atoms with Gasteiger partial charge in [0.25, 0.3) is 0 Å². The number of morpholine rings is 1. The van der Waals surface area contributed by atoms with Crippen LogP contribution in [0, 0.1) is 0 Å². The van der Waals surface area contributed by atoms with E-state index < -0.39 is 12.3 Å². The number of cyclic esters (lactones) is 1. The summed E-state index contributed by atoms with van der Waals surface area (Å²) in [6, 6.07) is -0.183. The molecule has 1 aliphatic carbocycles. The maximum Gasteiger partial charge on any atom is 0.410 e. The van der Waals surface area contributed by atoms with Gasteiger partial charge in [-0.15, -0.1) is 0 Å². The third kappa shape index (κ3) is 3.74. The summed E-state index contributed by atoms with van der Waals surface area (Å²) >= 11 is 0. The molecule has 2 aliphatic heterocycles. The molecule has 130 valence electrons. The van der Waals surface area contributed by atoms with Gasteiger partial charge in [-0.05, 0) is 12.8 Å². The Bertz CT molecular complexity index is 433. The van der Waals surface area contributed by atoms with Crippen LogP contribution in [0.25, 0.3) is 0 Å². The SMILES string of the molecule is O=CNC[C@H]1CN(C2CCC(N3CCOCC3)C(F)C2)C(=O)O1. The third-order valence-electron chi connectivity index (χ3n) is 5.00. The van der Waals surface area contributed by atoms with Crippen LogP contribution in [0.1, 0.15) is 19.3 Å². The van der Waals surface area contributed by atoms with Crippen molar-refractivity contribution in [1.29, 1.82) is 0 Å². The maximum atomic E-state index is 14.6. The van der Waals surface area contributed by atoms with Crippen LogP contribution in [-0.4, -0.2) is 86.1 Å². The number of carbonyl (C=O) groups excluding carboxylic acids is 2. The van der Waals surface area contributed by atoms with Gasteiger partial charge in [0.2, 0.25) is 6.41 Å². The first-order chi connectivity index (χ1) is 11.2. The van der Waals surface area contributed by atoms with Crippen molar-refractivity contribution in [3.63, 3.8) is 0 Å². The first-order valence-electron chi connectivity index (χ1n) is 8.29. The lowest BCUT2D eigenvalue weighted by atomic mass is 9.87. The highest BCUT2D eigenvalue weighted by Gasteiger charge is 2.42. The number of alkyl halides is 1. The minimum Gasteiger partial charge on any atom is -0.442 e. The zero-order valence-corrected chi connectivity index (χ0v) is 13.2. The summed E-state index contributed by atoms with van der Waals surface area (Å²) in [4.78, 5) is 26.1. The second-order valence-corrected chi connectivity index (χ2v) is 6.38. The fourth-order valence-electron chi connectivity index (χ4n) is 3.81. The van der Waals surface area contributed by atoms with E-state index in [2.05, 4.69) is 10.2 Å². The van der Waals surface area contributed by atoms with Gasteiger partial charge in [0.15, 0.2) is 0 Å². The number of ether oxygens (including phenoxy) is 2. The van der Waals surface area contributed by atoms with Gasteiger partial charge in [0.05, 0.1) is 26.3 Å². The lowest BCUT2D eigenvalue weighted by Gasteiger charge is -2.42. The Morgan fingerprint density at radius 1 is 1.30 bits per heavy atom. The molecule has 3 fully saturated rings. The molecule has 4 atom stereocenters. The second kappa shape index (κ2) is 7.44. The van der Waals surface area contributed by atoms with Crippen molar-refractivity contribution >= 4 is 12.5 Å². The number of nitrogens with zero attached hydrogens (tertiary/aromatic N) is 2. The quantitative estimate of drug-likeness (QED) is 0.727. The lowest BCUT2D eigenvalue weighted by molar-refractivity contribution is -0.109. The normalized spacial score (nSPS) is 35.9. The van der Waals surface area contributed by atoms with Gasteiger partial charge in [-0.3, -0.25) is 9.69 Å². The Morgan fingerprint density at radius 2 is 2.09 bits per heavy atom. The lowest BCUT2D eigenvalue weighted by Crippen LogP contribution is -2.53. The minimum atomic E-state index is -0.938. The van der Waals surface area contributed by atoms with Crippen LogP contribution in [0.4, 0.5) is 9.18 Å². The van der Waals surface area contributed by atoms with Crippen LogP contribution < -0.4 is 5.32 Å². The smallest absolute Gasteiger partial charge is 0.410 e. The van der Waals surface area contributed by atoms with Crippen molar-refractivity contribution in [2.24, 2.45) is 0 Å². The zero-order chi connectivity index (χ0) is 16.2. The summed E-state index contributed by atoms with van der Waals surface area (Å²) in [6.07, 6.45) is 0.782. The van der Waals surface area contributed by atoms with E-state index in [-0.39, 0.29) is 18.2 Å². The van der Waals surface area contributed by atoms with Crippen molar-refractivity contribution in [1.82, 2.24) is 15.1 Å². The van der Waals surface area contributed by atoms with Gasteiger partial charge in [0, 0.05) is 31.6 Å². The van der Waals surface area contributed by atoms with E-state index in [9.17, 15) is 14.0 Å². The van der Waals surface area contributed by atoms with Crippen molar-refractivity contribution in [2.75, 3.05) is 39.4 Å². The minimum absolute atomic E-state index is 0.0682. The molecule has 0 aromatic rings. The van der Waals surface area contributed by atoms with Gasteiger partial charge in [-0.1, -0.05) is 0 Å². The molecule has 2 heterocycles. The molecule has 0 spiro atoms. The number of amides is 2. The number of carbonyl (C=O) groups is 2. The second-order valence-electron chi connectivity index (χ2n) is 6.38. The summed E-state index contributed by atoms with van der Waals surface area (Å²) in [5.74, 6) is 0. The van der Waals surface area contributed by atoms with Crippen LogP contribution >= 0.6 is 0 Å². The molecule has 3 aliphatic rings. The molecule has 7 nitrogen and oxygen atoms in total. The predicted octanol–water partition coefficient (Wildman–Crippen LogP) is 0.145. The summed E-state index contributed by atoms with van der Waals surface area (Å²) in [5, 5.41) is 2.52. The monoisotopic (exact) mass is 329 g/mol. The molecule has 2 saturated heterocycles. The molecule has 1 saturated carbocycles. The summed E-state index contributed by atoms with van der Waals surface area (Å²) in [6.45, 7) is 3.60. The van der Waals surface area contributed by atoms with Crippen molar-refractivity contribution in [3.8, 4) is 0 Å². The molecular weight excluding hydrogens is 305 g/mol. The average Bonchev–Trinajstić information content (AvgIpc) is 2.94. The van der Waals surface area contributed by atoms with Crippen LogP contribution in [0.15, 0.2) is 0 Å². The van der Waals surface area contributed by atoms with Gasteiger partial charge in [-0.25, -0.2) is 9.18 Å². The van der Waals surface area contributed by atoms with Gasteiger partial charge in [-0.2, -0.15) is 0 Å². The molecule has 23 heavy (non-hydrogen) atoms. The number of rotatable bonds is 5. The summed E-state index contributed by atoms with van der Waals surface area (Å²) < 4.78 is 25.2. The predicted molar refractivity (Wildman–Crippen MR) is 79.8 cm³/mol. The molecule has 0 bridgehead atoms. The highest BCUT2D eigenvalue weighted by atomic mass is 19.1. The van der Waals surface area contributed by atoms with E-state index in [0.717, 1.165) is 25.9 Å². The highest BCUT2D eigenvalue weighted by molar-refractivity contribution is 5.70. The van der Waals surface area contributed by atoms with E-state index in [1.54, 1.807) is 4.90 Å². The first kappa shape index (κ1) is 16.4. The van der Waals surface area contributed by atoms with Gasteiger partial charge < -0.3 is 19.7 Å². The zero-order valence-electron chi connectivity index (χ0n) is 13.2. The van der Waals surface area contributed by atoms with Crippen molar-refractivity contribution in [2.45, 2.75) is 43.6 Å². The Hall–Kier alpha value is -1.41. The molecule has 0 radical (unpaired) electrons. The van der Waals surface area contributed by atoms with Crippen LogP contribution in [-0.2, 0) is 14.3 Å². The summed E-state index contributed by atoms with van der Waals surface area (Å²) in [5.41, 5.74) is 0. The van der Waals surface area contributed by atoms with Gasteiger partial charge in [0.1, 0.15) is 12.3 Å². The molecule has 1 N–H and O–H groups in total. The van der Waals surface area contributed by atoms with Crippen LogP contribution in [0.3, 0.4) is 0 Å². The van der Waals surface area contributed by atoms with Crippen LogP contribution in [0.2, 0.25) is 0 Å². The molecule has 8 heteroatoms. The van der Waals surface area contributed by atoms with Crippen LogP contribution in [0.5, 0.6) is 0 Å². The average molecular weight is 329 g/mol. The third-order valence-corrected chi connectivity index (χ3v) is 5.00. The van der Waals surface area contributed by atoms with Crippen molar-refractivity contribution in [3.05, 3.63) is 0 Å². The largest absolute Gasteiger partial charge is 0.442 e. The number of halogens is 1. The number of hydrogen-bond donors (Lipinski definition) is 1. The molecule has 3 rings (SSSR count). The van der Waals surface area contributed by atoms with Crippen molar-refractivity contribution < 1.29 is 23.5 Å². The first-order valence-corrected chi connectivity index (χ1v) is 8.29. The van der Waals surface area contributed by atoms with E-state index in [1.807, 2.05) is 0 Å². The van der Waals surface area contributed by atoms with E-state index >= 15 is 0 Å². The molecule has 2 amide bonds. The number of hydrogen-bond acceptors (Lipinski definition) is 5. The molecule has 0 aromatic carbocycles. The fourth-order valence-corrected chi connectivity index (χ4v) is 3.81. The molecule has 3 unspecified atom stereocenters. The Labute approximate surface area is 135 Å². The Kier molecular flexibility index (Phi) is 5.32. The number of nitrogens with one attached hydrogen (secondary N) is 1. The molecular formula is C15H24FN3O4. The van der Waals surface area contributed by atoms with E-state index in [0.29, 0.717) is 39.1 Å². The van der Waals surface area contributed by atoms with E-state index in [1.165, 1.54) is 0 Å². The molecule has 0 aromatic heterocycles. The Morgan fingerprint density at radius 3 is 2.78 bits per heavy atom. The topological polar surface area (TPSA) is 71.1 Å². The highest BCUT2D eigenvalue weighted by Crippen LogP contribution is 2.31. The van der Waals surface area contributed by atoms with Gasteiger partial charge >= 0.3 is 6.09 Å². The maximum absolute atomic E-state index is 14.6. The standard InChI is InChI=1S/C15H24FN3O4/c16-13-7-11(1-2-14(13)18-3-5-22-6-4-18)19-9-12(8-17-10-20)23-15(19)21/h10-14H,1-9H2,(H,17,20)/t11?,12-,13?,14?/m0/s1.